The Bertz CT molecular complexity index is 4120. The monoisotopic (exact) mass is 975 g/mol. The van der Waals surface area contributed by atoms with Crippen LogP contribution in [-0.4, -0.2) is 16.2 Å². The van der Waals surface area contributed by atoms with Gasteiger partial charge in [-0.15, -0.1) is 0 Å². The zero-order chi connectivity index (χ0) is 51.0. The van der Waals surface area contributed by atoms with Crippen molar-refractivity contribution in [1.82, 2.24) is 9.55 Å². The van der Waals surface area contributed by atoms with E-state index in [1.807, 2.05) is 60.9 Å². The van der Waals surface area contributed by atoms with Crippen molar-refractivity contribution >= 4 is 50.8 Å². The van der Waals surface area contributed by atoms with Crippen LogP contribution in [0.4, 0.5) is 39.8 Å². The van der Waals surface area contributed by atoms with Gasteiger partial charge in [0.2, 0.25) is 0 Å². The Kier molecular flexibility index (Phi) is 11.7. The van der Waals surface area contributed by atoms with Crippen LogP contribution in [0.25, 0.3) is 83.5 Å². The molecule has 12 aromatic rings. The average molecular weight is 976 g/mol. The molecule has 1 aliphatic rings. The number of nitrogens with zero attached hydrogens (tertiary/aromatic N) is 5. The van der Waals surface area contributed by atoms with Gasteiger partial charge in [0.15, 0.2) is 0 Å². The SMILES string of the molecule is N#Cc1c(-c2ccc(N)c(N3CN(c4ccccc4)c4ccc(-c5ccccc5)cc43)c2)c(-c2ccccc2)cc(-c2ccccc2)c1-c1ccc2ncn(-c3cc(-c4ccccc4)ccc3Nc3ccccc3)c2c1. The maximum atomic E-state index is 11.9. The maximum absolute atomic E-state index is 11.9. The summed E-state index contributed by atoms with van der Waals surface area (Å²) in [4.78, 5) is 9.63. The quantitative estimate of drug-likeness (QED) is 0.126. The van der Waals surface area contributed by atoms with E-state index in [1.165, 1.54) is 0 Å². The normalized spacial score (nSPS) is 11.9. The van der Waals surface area contributed by atoms with Gasteiger partial charge >= 0.3 is 0 Å². The van der Waals surface area contributed by atoms with Crippen molar-refractivity contribution < 1.29 is 0 Å². The predicted molar refractivity (Wildman–Crippen MR) is 315 cm³/mol. The molecule has 0 saturated carbocycles. The zero-order valence-corrected chi connectivity index (χ0v) is 41.4. The molecule has 0 unspecified atom stereocenters. The van der Waals surface area contributed by atoms with Crippen molar-refractivity contribution in [2.75, 3.05) is 27.5 Å². The summed E-state index contributed by atoms with van der Waals surface area (Å²) in [6.45, 7) is 0.532. The Morgan fingerprint density at radius 1 is 0.421 bits per heavy atom. The van der Waals surface area contributed by atoms with E-state index >= 15 is 0 Å². The molecule has 0 fully saturated rings. The van der Waals surface area contributed by atoms with Crippen LogP contribution in [-0.2, 0) is 0 Å². The molecular weight excluding hydrogens is 927 g/mol. The second-order valence-electron chi connectivity index (χ2n) is 19.0. The number of rotatable bonds is 11. The number of hydrogen-bond acceptors (Lipinski definition) is 6. The number of nitrogen functional groups attached to an aromatic ring is 1. The standard InChI is InChI=1S/C69H49N7/c70-44-59-68(53-31-35-60(71)64(41-53)76-46-75(56-29-17-6-18-30-56)63-38-34-52(40-67(63)76)48-21-9-2-10-22-48)57(49-23-11-3-12-24-49)43-58(50-25-13-4-14-26-50)69(59)54-33-36-61-65(42-54)74(45-72-61)66-39-51(47-19-7-1-8-20-47)32-37-62(66)73-55-27-15-5-16-28-55/h1-43,45,73H,46,71H2. The molecule has 0 aliphatic carbocycles. The number of benzene rings is 11. The summed E-state index contributed by atoms with van der Waals surface area (Å²) in [5.41, 5.74) is 28.7. The molecule has 1 aromatic heterocycles. The summed E-state index contributed by atoms with van der Waals surface area (Å²) >= 11 is 0. The molecule has 13 rings (SSSR count). The second-order valence-corrected chi connectivity index (χ2v) is 19.0. The average Bonchev–Trinajstić information content (AvgIpc) is 4.11. The van der Waals surface area contributed by atoms with Crippen LogP contribution in [0.1, 0.15) is 5.56 Å². The Morgan fingerprint density at radius 3 is 1.53 bits per heavy atom. The largest absolute Gasteiger partial charge is 0.397 e. The third kappa shape index (κ3) is 8.36. The van der Waals surface area contributed by atoms with Crippen molar-refractivity contribution in [2.45, 2.75) is 0 Å². The van der Waals surface area contributed by atoms with Crippen LogP contribution in [0.3, 0.4) is 0 Å². The Morgan fingerprint density at radius 2 is 0.921 bits per heavy atom. The van der Waals surface area contributed by atoms with Gasteiger partial charge in [-0.05, 0) is 134 Å². The predicted octanol–water partition coefficient (Wildman–Crippen LogP) is 17.5. The molecule has 0 amide bonds. The Labute approximate surface area is 442 Å². The fourth-order valence-electron chi connectivity index (χ4n) is 10.8. The first-order chi connectivity index (χ1) is 37.6. The van der Waals surface area contributed by atoms with Crippen LogP contribution in [0, 0.1) is 11.3 Å². The smallest absolute Gasteiger partial charge is 0.100 e. The third-order valence-electron chi connectivity index (χ3n) is 14.5. The van der Waals surface area contributed by atoms with Crippen molar-refractivity contribution in [1.29, 1.82) is 5.26 Å². The fourth-order valence-corrected chi connectivity index (χ4v) is 10.8. The lowest BCUT2D eigenvalue weighted by Crippen LogP contribution is -2.24. The topological polar surface area (TPSA) is 86.1 Å². The van der Waals surface area contributed by atoms with Crippen LogP contribution in [0.2, 0.25) is 0 Å². The number of nitrogens with one attached hydrogen (secondary N) is 1. The van der Waals surface area contributed by atoms with Gasteiger partial charge in [0, 0.05) is 22.5 Å². The molecule has 0 spiro atoms. The number of fused-ring (bicyclic) bond motifs is 2. The molecule has 3 N–H and O–H groups in total. The lowest BCUT2D eigenvalue weighted by Gasteiger charge is -2.25. The summed E-state index contributed by atoms with van der Waals surface area (Å²) in [5, 5.41) is 15.6. The highest BCUT2D eigenvalue weighted by Crippen LogP contribution is 2.51. The highest BCUT2D eigenvalue weighted by atomic mass is 15.4. The minimum absolute atomic E-state index is 0.532. The molecule has 11 aromatic carbocycles. The first-order valence-corrected chi connectivity index (χ1v) is 25.5. The van der Waals surface area contributed by atoms with Crippen molar-refractivity contribution in [2.24, 2.45) is 0 Å². The lowest BCUT2D eigenvalue weighted by atomic mass is 9.81. The molecule has 0 bridgehead atoms. The maximum Gasteiger partial charge on any atom is 0.100 e. The number of aromatic nitrogens is 2. The van der Waals surface area contributed by atoms with E-state index in [0.717, 1.165) is 118 Å². The third-order valence-corrected chi connectivity index (χ3v) is 14.5. The first kappa shape index (κ1) is 45.4. The van der Waals surface area contributed by atoms with Crippen molar-refractivity contribution in [3.8, 4) is 78.5 Å². The van der Waals surface area contributed by atoms with Gasteiger partial charge in [-0.1, -0.05) is 182 Å². The fraction of sp³-hybridized carbons (Fsp3) is 0.0145. The van der Waals surface area contributed by atoms with E-state index in [4.69, 9.17) is 10.7 Å². The van der Waals surface area contributed by atoms with E-state index < -0.39 is 0 Å². The molecule has 0 saturated heterocycles. The molecule has 7 nitrogen and oxygen atoms in total. The van der Waals surface area contributed by atoms with Gasteiger partial charge in [0.1, 0.15) is 19.1 Å². The summed E-state index contributed by atoms with van der Waals surface area (Å²) in [6, 6.07) is 93.3. The first-order valence-electron chi connectivity index (χ1n) is 25.5. The molecule has 0 radical (unpaired) electrons. The van der Waals surface area contributed by atoms with Crippen molar-refractivity contribution in [3.05, 3.63) is 273 Å². The number of para-hydroxylation sites is 2. The van der Waals surface area contributed by atoms with Gasteiger partial charge < -0.3 is 20.9 Å². The van der Waals surface area contributed by atoms with Crippen LogP contribution < -0.4 is 20.9 Å². The molecule has 2 heterocycles. The minimum atomic E-state index is 0.532. The van der Waals surface area contributed by atoms with Crippen LogP contribution in [0.15, 0.2) is 267 Å². The molecule has 7 heteroatoms. The van der Waals surface area contributed by atoms with E-state index in [0.29, 0.717) is 17.9 Å². The number of nitriles is 1. The zero-order valence-electron chi connectivity index (χ0n) is 41.4. The number of hydrogen-bond donors (Lipinski definition) is 2. The number of nitrogens with two attached hydrogens (primary N) is 1. The van der Waals surface area contributed by atoms with Gasteiger partial charge in [0.25, 0.3) is 0 Å². The van der Waals surface area contributed by atoms with Gasteiger partial charge in [-0.2, -0.15) is 5.26 Å². The van der Waals surface area contributed by atoms with E-state index in [1.54, 1.807) is 0 Å². The van der Waals surface area contributed by atoms with E-state index in [-0.39, 0.29) is 0 Å². The lowest BCUT2D eigenvalue weighted by molar-refractivity contribution is 0.992. The number of imidazole rings is 1. The summed E-state index contributed by atoms with van der Waals surface area (Å²) in [7, 11) is 0. The molecule has 76 heavy (non-hydrogen) atoms. The van der Waals surface area contributed by atoms with Crippen molar-refractivity contribution in [3.63, 3.8) is 0 Å². The van der Waals surface area contributed by atoms with Gasteiger partial charge in [0.05, 0.1) is 50.7 Å². The van der Waals surface area contributed by atoms with Gasteiger partial charge in [-0.3, -0.25) is 4.57 Å². The molecule has 360 valence electrons. The van der Waals surface area contributed by atoms with Crippen LogP contribution >= 0.6 is 0 Å². The summed E-state index contributed by atoms with van der Waals surface area (Å²) in [6.07, 6.45) is 1.90. The van der Waals surface area contributed by atoms with Gasteiger partial charge in [-0.25, -0.2) is 4.98 Å². The highest BCUT2D eigenvalue weighted by Gasteiger charge is 2.31. The Hall–Kier alpha value is -10.4. The highest BCUT2D eigenvalue weighted by molar-refractivity contribution is 6.03. The van der Waals surface area contributed by atoms with E-state index in [9.17, 15) is 5.26 Å². The van der Waals surface area contributed by atoms with Crippen LogP contribution in [0.5, 0.6) is 0 Å². The number of anilines is 7. The molecule has 0 atom stereocenters. The summed E-state index contributed by atoms with van der Waals surface area (Å²) in [5.74, 6) is 0. The second kappa shape index (κ2) is 19.5. The summed E-state index contributed by atoms with van der Waals surface area (Å²) < 4.78 is 2.16. The minimum Gasteiger partial charge on any atom is -0.397 e. The van der Waals surface area contributed by atoms with E-state index in [2.05, 4.69) is 232 Å². The Balaban J connectivity index is 1.02. The molecule has 1 aliphatic heterocycles. The molecular formula is C69H49N7.